The summed E-state index contributed by atoms with van der Waals surface area (Å²) in [7, 11) is 10.7. The minimum atomic E-state index is -4.78. The zero-order valence-electron chi connectivity index (χ0n) is 10.3. The predicted molar refractivity (Wildman–Crippen MR) is 62.6 cm³/mol. The Labute approximate surface area is 108 Å². The monoisotopic (exact) mass is 303 g/mol. The van der Waals surface area contributed by atoms with Crippen LogP contribution in [0.3, 0.4) is 0 Å². The Kier molecular flexibility index (Phi) is 8.63. The molecule has 0 unspecified atom stereocenters. The zero-order chi connectivity index (χ0) is 12.8. The molecule has 0 aliphatic heterocycles. The Morgan fingerprint density at radius 1 is 1.18 bits per heavy atom. The third kappa shape index (κ3) is 18.1. The van der Waals surface area contributed by atoms with Crippen LogP contribution in [-0.4, -0.2) is 29.8 Å². The van der Waals surface area contributed by atoms with E-state index in [2.05, 4.69) is 61.5 Å². The van der Waals surface area contributed by atoms with E-state index >= 15 is 0 Å². The van der Waals surface area contributed by atoms with Crippen LogP contribution in [-0.2, 0) is 26.5 Å². The molecule has 0 heterocycles. The maximum atomic E-state index is 9.03. The first kappa shape index (κ1) is 18.9. The van der Waals surface area contributed by atoms with Crippen molar-refractivity contribution in [2.45, 2.75) is 6.54 Å². The summed E-state index contributed by atoms with van der Waals surface area (Å²) >= 11 is -4.78. The van der Waals surface area contributed by atoms with Gasteiger partial charge in [-0.1, -0.05) is 30.3 Å². The molecular formula is C10H20ClCrN2O3+. The Bertz CT molecular complexity index is 393. The summed E-state index contributed by atoms with van der Waals surface area (Å²) in [4.78, 5) is 0. The predicted octanol–water partition coefficient (Wildman–Crippen LogP) is 1.95. The number of benzene rings is 1. The van der Waals surface area contributed by atoms with E-state index in [9.17, 15) is 0 Å². The fourth-order valence-corrected chi connectivity index (χ4v) is 1.13. The maximum absolute atomic E-state index is 9.03. The van der Waals surface area contributed by atoms with E-state index in [1.54, 1.807) is 0 Å². The first-order valence-corrected chi connectivity index (χ1v) is 7.96. The van der Waals surface area contributed by atoms with E-state index in [0.29, 0.717) is 0 Å². The molecule has 0 fully saturated rings. The van der Waals surface area contributed by atoms with E-state index in [1.165, 1.54) is 5.56 Å². The fraction of sp³-hybridized carbons (Fsp3) is 0.400. The van der Waals surface area contributed by atoms with Crippen LogP contribution in [0.4, 0.5) is 0 Å². The summed E-state index contributed by atoms with van der Waals surface area (Å²) in [5, 5.41) is 0. The topological polar surface area (TPSA) is 89.4 Å². The number of quaternary nitrogens is 1. The van der Waals surface area contributed by atoms with Gasteiger partial charge in [0.2, 0.25) is 0 Å². The zero-order valence-corrected chi connectivity index (χ0v) is 12.3. The third-order valence-corrected chi connectivity index (χ3v) is 1.50. The van der Waals surface area contributed by atoms with Crippen molar-refractivity contribution in [2.24, 2.45) is 0 Å². The first-order valence-electron chi connectivity index (χ1n) is 4.59. The molecule has 0 aromatic heterocycles. The van der Waals surface area contributed by atoms with Crippen LogP contribution >= 0.6 is 10.0 Å². The van der Waals surface area contributed by atoms with Gasteiger partial charge in [0.25, 0.3) is 0 Å². The van der Waals surface area contributed by atoms with Crippen LogP contribution < -0.4 is 6.15 Å². The summed E-state index contributed by atoms with van der Waals surface area (Å²) < 4.78 is 26.4. The molecule has 4 N–H and O–H groups in total. The van der Waals surface area contributed by atoms with Crippen molar-refractivity contribution in [3.63, 3.8) is 0 Å². The van der Waals surface area contributed by atoms with E-state index in [-0.39, 0.29) is 6.15 Å². The van der Waals surface area contributed by atoms with Gasteiger partial charge in [-0.25, -0.2) is 0 Å². The second-order valence-corrected chi connectivity index (χ2v) is 7.24. The molecule has 7 heteroatoms. The molecule has 1 aromatic rings. The third-order valence-electron chi connectivity index (χ3n) is 1.50. The van der Waals surface area contributed by atoms with Crippen molar-refractivity contribution in [3.05, 3.63) is 35.9 Å². The molecule has 1 aromatic carbocycles. The van der Waals surface area contributed by atoms with Gasteiger partial charge in [-0.2, -0.15) is 0 Å². The molecule has 0 amide bonds. The fourth-order valence-electron chi connectivity index (χ4n) is 1.13. The van der Waals surface area contributed by atoms with Gasteiger partial charge in [0.1, 0.15) is 6.54 Å². The van der Waals surface area contributed by atoms with Gasteiger partial charge in [-0.3, -0.25) is 0 Å². The van der Waals surface area contributed by atoms with E-state index in [1.807, 2.05) is 0 Å². The normalized spacial score (nSPS) is 10.9. The summed E-state index contributed by atoms with van der Waals surface area (Å²) in [5.41, 5.74) is 1.40. The minimum absolute atomic E-state index is 0. The van der Waals surface area contributed by atoms with Gasteiger partial charge in [0.05, 0.1) is 21.1 Å². The van der Waals surface area contributed by atoms with Gasteiger partial charge >= 0.3 is 34.2 Å². The molecule has 0 bridgehead atoms. The first-order chi connectivity index (χ1) is 7.08. The molecule has 0 atom stereocenters. The van der Waals surface area contributed by atoms with Crippen LogP contribution in [0, 0.1) is 0 Å². The van der Waals surface area contributed by atoms with E-state index in [4.69, 9.17) is 11.8 Å². The van der Waals surface area contributed by atoms with Crippen molar-refractivity contribution in [3.8, 4) is 0 Å². The molecule has 0 radical (unpaired) electrons. The Morgan fingerprint density at radius 3 is 1.82 bits per heavy atom. The van der Waals surface area contributed by atoms with Crippen LogP contribution in [0.2, 0.25) is 0 Å². The van der Waals surface area contributed by atoms with Gasteiger partial charge in [0.15, 0.2) is 0 Å². The van der Waals surface area contributed by atoms with Gasteiger partial charge in [-0.15, -0.1) is 0 Å². The summed E-state index contributed by atoms with van der Waals surface area (Å²) in [6, 6.07) is 10.6. The van der Waals surface area contributed by atoms with Crippen LogP contribution in [0.25, 0.3) is 0 Å². The quantitative estimate of drug-likeness (QED) is 0.817. The van der Waals surface area contributed by atoms with Crippen molar-refractivity contribution in [1.29, 1.82) is 0 Å². The van der Waals surface area contributed by atoms with E-state index < -0.39 is 12.4 Å². The van der Waals surface area contributed by atoms with Gasteiger partial charge < -0.3 is 10.6 Å². The Balaban J connectivity index is 0. The molecular weight excluding hydrogens is 284 g/mol. The molecule has 1 rings (SSSR count). The Hall–Kier alpha value is -0.478. The average molecular weight is 304 g/mol. The number of hydrogen-bond acceptors (Lipinski definition) is 3. The molecule has 0 saturated carbocycles. The Morgan fingerprint density at radius 2 is 1.53 bits per heavy atom. The van der Waals surface area contributed by atoms with Crippen molar-refractivity contribution in [2.75, 3.05) is 21.1 Å². The molecule has 0 saturated heterocycles. The molecule has 5 nitrogen and oxygen atoms in total. The van der Waals surface area contributed by atoms with Crippen LogP contribution in [0.15, 0.2) is 30.3 Å². The summed E-state index contributed by atoms with van der Waals surface area (Å²) in [6.07, 6.45) is 0. The summed E-state index contributed by atoms with van der Waals surface area (Å²) in [5.74, 6) is 0. The SMILES string of the molecule is C[N+](C)(C)Cc1ccccc1.N.[O]=[Cr](=[O])([OH])[Cl]. The van der Waals surface area contributed by atoms with Crippen molar-refractivity contribution >= 4 is 10.0 Å². The van der Waals surface area contributed by atoms with Crippen molar-refractivity contribution in [1.82, 2.24) is 6.15 Å². The molecule has 17 heavy (non-hydrogen) atoms. The number of halogens is 1. The van der Waals surface area contributed by atoms with Gasteiger partial charge in [0, 0.05) is 5.56 Å². The number of nitrogens with zero attached hydrogens (tertiary/aromatic N) is 1. The molecule has 0 aliphatic rings. The second-order valence-electron chi connectivity index (χ2n) is 4.35. The van der Waals surface area contributed by atoms with Crippen LogP contribution in [0.1, 0.15) is 5.56 Å². The second kappa shape index (κ2) is 7.77. The molecule has 100 valence electrons. The average Bonchev–Trinajstić information content (AvgIpc) is 1.99. The van der Waals surface area contributed by atoms with Crippen LogP contribution in [0.5, 0.6) is 0 Å². The number of rotatable bonds is 2. The standard InChI is InChI=1S/C10H16N.ClH.Cr.H3N.H2O.2O/c1-11(2,3)9-10-7-5-4-6-8-10;;;;;;/h4-8H,9H2,1-3H3;1H;;1H3;1H2;;/q+1;;+2;;;;/p-2. The van der Waals surface area contributed by atoms with Gasteiger partial charge in [-0.05, 0) is 0 Å². The molecule has 0 aliphatic carbocycles. The number of hydrogen-bond donors (Lipinski definition) is 2. The molecule has 0 spiro atoms. The summed E-state index contributed by atoms with van der Waals surface area (Å²) in [6.45, 7) is 1.10. The van der Waals surface area contributed by atoms with Crippen molar-refractivity contribution < 1.29 is 28.6 Å². The van der Waals surface area contributed by atoms with E-state index in [0.717, 1.165) is 11.0 Å².